The Hall–Kier alpha value is -3.75. The predicted octanol–water partition coefficient (Wildman–Crippen LogP) is 6.32. The van der Waals surface area contributed by atoms with Crippen LogP contribution in [0.25, 0.3) is 22.6 Å². The molecule has 220 valence electrons. The maximum Gasteiger partial charge on any atom is 0.257 e. The molecular weight excluding hydrogens is 524 g/mol. The van der Waals surface area contributed by atoms with Crippen molar-refractivity contribution in [1.29, 1.82) is 0 Å². The lowest BCUT2D eigenvalue weighted by molar-refractivity contribution is 0.0786. The number of nitrogens with one attached hydrogen (secondary N) is 2. The third kappa shape index (κ3) is 6.66. The first-order chi connectivity index (χ1) is 20.3. The zero-order chi connectivity index (χ0) is 29.1. The number of anilines is 2. The van der Waals surface area contributed by atoms with E-state index in [0.29, 0.717) is 29.8 Å². The average Bonchev–Trinajstić information content (AvgIpc) is 3.44. The smallest absolute Gasteiger partial charge is 0.257 e. The van der Waals surface area contributed by atoms with Crippen LogP contribution in [-0.4, -0.2) is 51.4 Å². The van der Waals surface area contributed by atoms with E-state index in [4.69, 9.17) is 4.52 Å². The maximum absolute atomic E-state index is 10.5. The van der Waals surface area contributed by atoms with E-state index in [1.165, 1.54) is 37.8 Å². The Kier molecular flexibility index (Phi) is 8.27. The predicted molar refractivity (Wildman–Crippen MR) is 167 cm³/mol. The van der Waals surface area contributed by atoms with Gasteiger partial charge in [-0.25, -0.2) is 4.98 Å². The molecule has 2 fully saturated rings. The summed E-state index contributed by atoms with van der Waals surface area (Å²) in [6.07, 6.45) is 9.00. The molecule has 2 aliphatic rings. The fourth-order valence-electron chi connectivity index (χ4n) is 6.34. The van der Waals surface area contributed by atoms with Crippen LogP contribution in [-0.2, 0) is 5.60 Å². The minimum atomic E-state index is -0.877. The van der Waals surface area contributed by atoms with Gasteiger partial charge in [0, 0.05) is 48.7 Å². The molecule has 1 saturated carbocycles. The van der Waals surface area contributed by atoms with Gasteiger partial charge in [0.25, 0.3) is 5.89 Å². The van der Waals surface area contributed by atoms with Crippen LogP contribution in [0.5, 0.6) is 0 Å². The van der Waals surface area contributed by atoms with Crippen molar-refractivity contribution in [2.45, 2.75) is 83.0 Å². The number of piperidine rings is 1. The summed E-state index contributed by atoms with van der Waals surface area (Å²) in [4.78, 5) is 11.5. The number of hydrogen-bond donors (Lipinski definition) is 3. The average molecular weight is 567 g/mol. The Labute approximate surface area is 248 Å². The lowest BCUT2D eigenvalue weighted by atomic mass is 9.89. The first-order valence-corrected chi connectivity index (χ1v) is 15.3. The van der Waals surface area contributed by atoms with Crippen LogP contribution in [0.2, 0.25) is 0 Å². The van der Waals surface area contributed by atoms with Gasteiger partial charge in [-0.15, -0.1) is 0 Å². The third-order valence-electron chi connectivity index (χ3n) is 8.64. The van der Waals surface area contributed by atoms with Crippen molar-refractivity contribution >= 4 is 11.5 Å². The molecule has 0 radical (unpaired) electrons. The molecule has 0 bridgehead atoms. The van der Waals surface area contributed by atoms with E-state index in [1.54, 1.807) is 0 Å². The second kappa shape index (κ2) is 12.2. The van der Waals surface area contributed by atoms with Crippen molar-refractivity contribution < 1.29 is 9.63 Å². The number of aryl methyl sites for hydroxylation is 1. The monoisotopic (exact) mass is 566 g/mol. The number of benzene rings is 2. The highest BCUT2D eigenvalue weighted by Gasteiger charge is 2.29. The molecule has 8 heteroatoms. The van der Waals surface area contributed by atoms with Gasteiger partial charge in [0.2, 0.25) is 0 Å². The summed E-state index contributed by atoms with van der Waals surface area (Å²) in [5.74, 6) is 2.12. The summed E-state index contributed by atoms with van der Waals surface area (Å²) >= 11 is 0. The van der Waals surface area contributed by atoms with Gasteiger partial charge in [-0.3, -0.25) is 0 Å². The number of pyridine rings is 1. The van der Waals surface area contributed by atoms with E-state index in [-0.39, 0.29) is 0 Å². The van der Waals surface area contributed by atoms with E-state index in [2.05, 4.69) is 73.1 Å². The lowest BCUT2D eigenvalue weighted by Crippen LogP contribution is -2.54. The highest BCUT2D eigenvalue weighted by Crippen LogP contribution is 2.30. The van der Waals surface area contributed by atoms with Crippen molar-refractivity contribution in [1.82, 2.24) is 20.4 Å². The quantitative estimate of drug-likeness (QED) is 0.228. The molecule has 42 heavy (non-hydrogen) atoms. The molecule has 0 unspecified atom stereocenters. The van der Waals surface area contributed by atoms with E-state index < -0.39 is 5.60 Å². The first-order valence-electron chi connectivity index (χ1n) is 15.3. The van der Waals surface area contributed by atoms with Crippen LogP contribution in [0.3, 0.4) is 0 Å². The Bertz CT molecular complexity index is 1480. The van der Waals surface area contributed by atoms with E-state index in [0.717, 1.165) is 47.6 Å². The van der Waals surface area contributed by atoms with Crippen molar-refractivity contribution in [3.05, 3.63) is 78.2 Å². The summed E-state index contributed by atoms with van der Waals surface area (Å²) in [5, 5.41) is 22.2. The van der Waals surface area contributed by atoms with Gasteiger partial charge in [0.05, 0.1) is 5.60 Å². The molecule has 1 aliphatic heterocycles. The third-order valence-corrected chi connectivity index (χ3v) is 8.64. The van der Waals surface area contributed by atoms with Crippen LogP contribution >= 0.6 is 0 Å². The van der Waals surface area contributed by atoms with E-state index in [1.807, 2.05) is 45.2 Å². The largest absolute Gasteiger partial charge is 0.386 e. The standard InChI is InChI=1S/C34H42N6O2/c1-23-36-33(42-39-23)24-13-15-29(16-14-24)40-19-7-10-28(22-40)37-30-11-4-5-12-31(30)38-32-21-26(17-18-35-32)25-8-6-9-27(20-25)34(2,3)41/h6,8-9,13-18,20-21,28,30-31,37,41H,4-5,7,10-12,19,22H2,1-3H3,(H,35,38)/t28-,30+,31+/m0/s1. The SMILES string of the molecule is Cc1noc(-c2ccc(N3CCC[C@H](N[C@@H]4CCCC[C@H]4Nc4cc(-c5cccc(C(C)(C)O)c5)ccn4)C3)cc2)n1. The summed E-state index contributed by atoms with van der Waals surface area (Å²) in [7, 11) is 0. The molecule has 1 saturated heterocycles. The first kappa shape index (κ1) is 28.4. The fourth-order valence-corrected chi connectivity index (χ4v) is 6.34. The molecule has 0 amide bonds. The lowest BCUT2D eigenvalue weighted by Gasteiger charge is -2.40. The molecule has 8 nitrogen and oxygen atoms in total. The molecule has 3 N–H and O–H groups in total. The molecule has 1 aliphatic carbocycles. The van der Waals surface area contributed by atoms with E-state index in [9.17, 15) is 5.11 Å². The van der Waals surface area contributed by atoms with Gasteiger partial charge in [0.15, 0.2) is 5.82 Å². The van der Waals surface area contributed by atoms with Gasteiger partial charge < -0.3 is 25.2 Å². The Morgan fingerprint density at radius 1 is 0.905 bits per heavy atom. The van der Waals surface area contributed by atoms with Gasteiger partial charge in [-0.2, -0.15) is 4.98 Å². The summed E-state index contributed by atoms with van der Waals surface area (Å²) < 4.78 is 5.33. The molecular formula is C34H42N6O2. The fraction of sp³-hybridized carbons (Fsp3) is 0.441. The van der Waals surface area contributed by atoms with Crippen molar-refractivity contribution in [2.24, 2.45) is 0 Å². The minimum absolute atomic E-state index is 0.330. The normalized spacial score (nSPS) is 21.3. The zero-order valence-electron chi connectivity index (χ0n) is 24.9. The van der Waals surface area contributed by atoms with E-state index >= 15 is 0 Å². The van der Waals surface area contributed by atoms with Crippen molar-refractivity contribution in [3.63, 3.8) is 0 Å². The number of hydrogen-bond acceptors (Lipinski definition) is 8. The van der Waals surface area contributed by atoms with Crippen LogP contribution in [0, 0.1) is 6.92 Å². The zero-order valence-corrected chi connectivity index (χ0v) is 24.9. The van der Waals surface area contributed by atoms with Crippen LogP contribution < -0.4 is 15.5 Å². The molecule has 4 aromatic rings. The van der Waals surface area contributed by atoms with Crippen LogP contribution in [0.4, 0.5) is 11.5 Å². The summed E-state index contributed by atoms with van der Waals surface area (Å²) in [6, 6.07) is 22.0. The Morgan fingerprint density at radius 3 is 2.45 bits per heavy atom. The molecule has 2 aromatic carbocycles. The highest BCUT2D eigenvalue weighted by molar-refractivity contribution is 5.67. The van der Waals surface area contributed by atoms with Gasteiger partial charge >= 0.3 is 0 Å². The maximum atomic E-state index is 10.5. The topological polar surface area (TPSA) is 99.3 Å². The molecule has 0 spiro atoms. The van der Waals surface area contributed by atoms with Gasteiger partial charge in [0.1, 0.15) is 5.82 Å². The highest BCUT2D eigenvalue weighted by atomic mass is 16.5. The molecule has 3 heterocycles. The van der Waals surface area contributed by atoms with Gasteiger partial charge in [-0.05, 0) is 106 Å². The second-order valence-corrected chi connectivity index (χ2v) is 12.4. The number of rotatable bonds is 8. The van der Waals surface area contributed by atoms with Crippen molar-refractivity contribution in [3.8, 4) is 22.6 Å². The molecule has 2 aromatic heterocycles. The summed E-state index contributed by atoms with van der Waals surface area (Å²) in [5.41, 5.74) is 4.39. The number of nitrogens with zero attached hydrogens (tertiary/aromatic N) is 4. The second-order valence-electron chi connectivity index (χ2n) is 12.4. The Morgan fingerprint density at radius 2 is 1.69 bits per heavy atom. The number of aromatic nitrogens is 3. The van der Waals surface area contributed by atoms with Crippen LogP contribution in [0.15, 0.2) is 71.4 Å². The Balaban J connectivity index is 1.10. The molecule has 6 rings (SSSR count). The van der Waals surface area contributed by atoms with Gasteiger partial charge in [-0.1, -0.05) is 36.2 Å². The van der Waals surface area contributed by atoms with Crippen molar-refractivity contribution in [2.75, 3.05) is 23.3 Å². The van der Waals surface area contributed by atoms with Crippen LogP contribution in [0.1, 0.15) is 63.8 Å². The summed E-state index contributed by atoms with van der Waals surface area (Å²) in [6.45, 7) is 7.54. The number of aliphatic hydroxyl groups is 1. The molecule has 3 atom stereocenters. The minimum Gasteiger partial charge on any atom is -0.386 e.